The molecule has 0 unspecified atom stereocenters. The van der Waals surface area contributed by atoms with E-state index in [1.54, 1.807) is 6.07 Å². The van der Waals surface area contributed by atoms with Crippen molar-refractivity contribution >= 4 is 27.9 Å². The molecule has 0 amide bonds. The zero-order valence-electron chi connectivity index (χ0n) is 11.1. The average Bonchev–Trinajstić information content (AvgIpc) is 3.10. The number of aromatic nitrogens is 1. The standard InChI is InChI=1S/C17H11NO3/c19-13(16-9-11-5-1-3-7-14(11)20-16)10-17-18-12-6-2-4-8-15(12)21-17/h1-9H,10H2. The van der Waals surface area contributed by atoms with Gasteiger partial charge in [0.1, 0.15) is 11.1 Å². The monoisotopic (exact) mass is 277 g/mol. The van der Waals surface area contributed by atoms with Crippen molar-refractivity contribution in [2.24, 2.45) is 0 Å². The van der Waals surface area contributed by atoms with E-state index in [-0.39, 0.29) is 12.2 Å². The van der Waals surface area contributed by atoms with Gasteiger partial charge in [0.2, 0.25) is 11.7 Å². The largest absolute Gasteiger partial charge is 0.453 e. The van der Waals surface area contributed by atoms with Crippen LogP contribution < -0.4 is 0 Å². The number of Topliss-reactive ketones (excluding diaryl/α,β-unsaturated/α-hetero) is 1. The predicted molar refractivity (Wildman–Crippen MR) is 78.3 cm³/mol. The minimum atomic E-state index is -0.141. The maximum absolute atomic E-state index is 12.3. The fourth-order valence-corrected chi connectivity index (χ4v) is 2.34. The summed E-state index contributed by atoms with van der Waals surface area (Å²) >= 11 is 0. The quantitative estimate of drug-likeness (QED) is 0.531. The normalized spacial score (nSPS) is 11.2. The summed E-state index contributed by atoms with van der Waals surface area (Å²) in [4.78, 5) is 16.6. The highest BCUT2D eigenvalue weighted by molar-refractivity contribution is 5.98. The number of carbonyl (C=O) groups excluding carboxylic acids is 1. The van der Waals surface area contributed by atoms with Crippen molar-refractivity contribution in [3.63, 3.8) is 0 Å². The number of rotatable bonds is 3. The summed E-state index contributed by atoms with van der Waals surface area (Å²) in [5.41, 5.74) is 2.15. The molecule has 4 nitrogen and oxygen atoms in total. The van der Waals surface area contributed by atoms with Gasteiger partial charge >= 0.3 is 0 Å². The molecule has 0 aliphatic heterocycles. The first-order chi connectivity index (χ1) is 10.3. The Bertz CT molecular complexity index is 883. The molecule has 0 aliphatic rings. The second-order valence-corrected chi connectivity index (χ2v) is 4.82. The Hall–Kier alpha value is -2.88. The lowest BCUT2D eigenvalue weighted by molar-refractivity contribution is 0.0961. The van der Waals surface area contributed by atoms with Crippen LogP contribution in [0.5, 0.6) is 0 Å². The third-order valence-electron chi connectivity index (χ3n) is 3.35. The Morgan fingerprint density at radius 3 is 2.52 bits per heavy atom. The van der Waals surface area contributed by atoms with E-state index in [0.29, 0.717) is 22.8 Å². The molecule has 4 rings (SSSR count). The summed E-state index contributed by atoms with van der Waals surface area (Å²) < 4.78 is 11.1. The third kappa shape index (κ3) is 2.10. The van der Waals surface area contributed by atoms with Crippen molar-refractivity contribution in [2.45, 2.75) is 6.42 Å². The number of hydrogen-bond donors (Lipinski definition) is 0. The molecule has 0 N–H and O–H groups in total. The molecule has 4 heteroatoms. The van der Waals surface area contributed by atoms with Gasteiger partial charge in [-0.1, -0.05) is 30.3 Å². The smallest absolute Gasteiger partial charge is 0.207 e. The van der Waals surface area contributed by atoms with E-state index in [2.05, 4.69) is 4.98 Å². The Morgan fingerprint density at radius 1 is 0.952 bits per heavy atom. The highest BCUT2D eigenvalue weighted by atomic mass is 16.4. The third-order valence-corrected chi connectivity index (χ3v) is 3.35. The molecule has 0 atom stereocenters. The van der Waals surface area contributed by atoms with E-state index in [1.807, 2.05) is 48.5 Å². The van der Waals surface area contributed by atoms with Crippen molar-refractivity contribution in [1.29, 1.82) is 0 Å². The number of para-hydroxylation sites is 3. The van der Waals surface area contributed by atoms with E-state index in [4.69, 9.17) is 8.83 Å². The second-order valence-electron chi connectivity index (χ2n) is 4.82. The van der Waals surface area contributed by atoms with E-state index in [1.165, 1.54) is 0 Å². The minimum Gasteiger partial charge on any atom is -0.453 e. The molecular formula is C17H11NO3. The molecule has 0 radical (unpaired) electrons. The summed E-state index contributed by atoms with van der Waals surface area (Å²) in [6.07, 6.45) is 0.0918. The van der Waals surface area contributed by atoms with E-state index in [9.17, 15) is 4.79 Å². The second kappa shape index (κ2) is 4.59. The van der Waals surface area contributed by atoms with Crippen molar-refractivity contribution in [3.8, 4) is 0 Å². The number of furan rings is 1. The summed E-state index contributed by atoms with van der Waals surface area (Å²) in [6, 6.07) is 16.7. The molecule has 4 aromatic rings. The maximum atomic E-state index is 12.3. The average molecular weight is 277 g/mol. The van der Waals surface area contributed by atoms with Crippen LogP contribution in [0.15, 0.2) is 63.4 Å². The van der Waals surface area contributed by atoms with E-state index >= 15 is 0 Å². The first-order valence-corrected chi connectivity index (χ1v) is 6.66. The van der Waals surface area contributed by atoms with E-state index in [0.717, 1.165) is 10.9 Å². The van der Waals surface area contributed by atoms with Crippen molar-refractivity contribution in [2.75, 3.05) is 0 Å². The minimum absolute atomic E-state index is 0.0918. The first-order valence-electron chi connectivity index (χ1n) is 6.66. The zero-order chi connectivity index (χ0) is 14.2. The van der Waals surface area contributed by atoms with Crippen LogP contribution in [0.25, 0.3) is 22.1 Å². The SMILES string of the molecule is O=C(Cc1nc2ccccc2o1)c1cc2ccccc2o1. The van der Waals surface area contributed by atoms with Crippen LogP contribution in [0.2, 0.25) is 0 Å². The molecule has 2 aromatic heterocycles. The van der Waals surface area contributed by atoms with Crippen molar-refractivity contribution in [1.82, 2.24) is 4.98 Å². The van der Waals surface area contributed by atoms with Crippen LogP contribution in [0.4, 0.5) is 0 Å². The number of oxazole rings is 1. The van der Waals surface area contributed by atoms with Gasteiger partial charge in [-0.3, -0.25) is 4.79 Å². The molecule has 2 heterocycles. The van der Waals surface area contributed by atoms with Gasteiger partial charge in [-0.05, 0) is 24.3 Å². The van der Waals surface area contributed by atoms with Gasteiger partial charge in [0.05, 0.1) is 6.42 Å². The number of benzene rings is 2. The van der Waals surface area contributed by atoms with Crippen molar-refractivity contribution in [3.05, 3.63) is 66.2 Å². The summed E-state index contributed by atoms with van der Waals surface area (Å²) in [5, 5.41) is 0.915. The molecule has 0 bridgehead atoms. The fraction of sp³-hybridized carbons (Fsp3) is 0.0588. The van der Waals surface area contributed by atoms with Crippen LogP contribution in [0.1, 0.15) is 16.4 Å². The topological polar surface area (TPSA) is 56.2 Å². The predicted octanol–water partition coefficient (Wildman–Crippen LogP) is 4.00. The Balaban J connectivity index is 1.65. The first kappa shape index (κ1) is 11.9. The Labute approximate surface area is 120 Å². The van der Waals surface area contributed by atoms with Gasteiger partial charge in [-0.15, -0.1) is 0 Å². The van der Waals surface area contributed by atoms with Gasteiger partial charge < -0.3 is 8.83 Å². The summed E-state index contributed by atoms with van der Waals surface area (Å²) in [7, 11) is 0. The fourth-order valence-electron chi connectivity index (χ4n) is 2.34. The number of carbonyl (C=O) groups is 1. The van der Waals surface area contributed by atoms with Gasteiger partial charge in [0.15, 0.2) is 11.3 Å². The number of ketones is 1. The molecule has 0 saturated carbocycles. The molecule has 21 heavy (non-hydrogen) atoms. The molecular weight excluding hydrogens is 266 g/mol. The zero-order valence-corrected chi connectivity index (χ0v) is 11.1. The molecule has 102 valence electrons. The Morgan fingerprint density at radius 2 is 1.71 bits per heavy atom. The number of fused-ring (bicyclic) bond motifs is 2. The Kier molecular flexibility index (Phi) is 2.60. The van der Waals surface area contributed by atoms with Crippen LogP contribution in [-0.2, 0) is 6.42 Å². The highest BCUT2D eigenvalue weighted by Gasteiger charge is 2.16. The lowest BCUT2D eigenvalue weighted by Gasteiger charge is -1.92. The number of hydrogen-bond acceptors (Lipinski definition) is 4. The number of nitrogens with zero attached hydrogens (tertiary/aromatic N) is 1. The molecule has 2 aromatic carbocycles. The molecule has 0 saturated heterocycles. The molecule has 0 fully saturated rings. The van der Waals surface area contributed by atoms with Gasteiger partial charge in [-0.2, -0.15) is 0 Å². The van der Waals surface area contributed by atoms with Crippen LogP contribution in [0, 0.1) is 0 Å². The van der Waals surface area contributed by atoms with Crippen LogP contribution in [0.3, 0.4) is 0 Å². The van der Waals surface area contributed by atoms with Crippen molar-refractivity contribution < 1.29 is 13.6 Å². The lowest BCUT2D eigenvalue weighted by Crippen LogP contribution is -2.02. The van der Waals surface area contributed by atoms with Gasteiger partial charge in [-0.25, -0.2) is 4.98 Å². The highest BCUT2D eigenvalue weighted by Crippen LogP contribution is 2.21. The maximum Gasteiger partial charge on any atom is 0.207 e. The van der Waals surface area contributed by atoms with Crippen LogP contribution >= 0.6 is 0 Å². The van der Waals surface area contributed by atoms with Gasteiger partial charge in [0.25, 0.3) is 0 Å². The van der Waals surface area contributed by atoms with E-state index < -0.39 is 0 Å². The van der Waals surface area contributed by atoms with Gasteiger partial charge in [0, 0.05) is 5.39 Å². The van der Waals surface area contributed by atoms with Crippen LogP contribution in [-0.4, -0.2) is 10.8 Å². The lowest BCUT2D eigenvalue weighted by atomic mass is 10.2. The summed E-state index contributed by atoms with van der Waals surface area (Å²) in [6.45, 7) is 0. The molecule has 0 spiro atoms. The molecule has 0 aliphatic carbocycles. The summed E-state index contributed by atoms with van der Waals surface area (Å²) in [5.74, 6) is 0.595.